The van der Waals surface area contributed by atoms with Gasteiger partial charge in [0.25, 0.3) is 5.91 Å². The van der Waals surface area contributed by atoms with Crippen molar-refractivity contribution in [2.24, 2.45) is 0 Å². The highest BCUT2D eigenvalue weighted by Gasteiger charge is 2.79. The fourth-order valence-electron chi connectivity index (χ4n) is 1.42. The van der Waals surface area contributed by atoms with Gasteiger partial charge in [-0.15, -0.1) is 0 Å². The van der Waals surface area contributed by atoms with Gasteiger partial charge >= 0.3 is 30.2 Å². The second-order valence-corrected chi connectivity index (χ2v) is 5.27. The Morgan fingerprint density at radius 1 is 0.893 bits per heavy atom. The lowest BCUT2D eigenvalue weighted by molar-refractivity contribution is -0.472. The van der Waals surface area contributed by atoms with Crippen LogP contribution in [0.15, 0.2) is 18.2 Å². The molecule has 1 N–H and O–H groups in total. The van der Waals surface area contributed by atoms with Crippen molar-refractivity contribution in [3.8, 4) is 0 Å². The number of ether oxygens (including phenoxy) is 1. The Morgan fingerprint density at radius 2 is 1.39 bits per heavy atom. The van der Waals surface area contributed by atoms with E-state index in [9.17, 15) is 57.5 Å². The number of carbonyl (C=O) groups is 1. The van der Waals surface area contributed by atoms with Crippen molar-refractivity contribution in [3.63, 3.8) is 0 Å². The molecule has 160 valence electrons. The highest BCUT2D eigenvalue weighted by atomic mass is 35.5. The number of hydrogen-bond donors (Lipinski definition) is 1. The topological polar surface area (TPSA) is 38.3 Å². The van der Waals surface area contributed by atoms with Crippen molar-refractivity contribution in [1.82, 2.24) is 0 Å². The van der Waals surface area contributed by atoms with E-state index >= 15 is 0 Å². The minimum Gasteiger partial charge on any atom is -0.321 e. The lowest BCUT2D eigenvalue weighted by Crippen LogP contribution is -2.62. The molecule has 0 saturated carbocycles. The summed E-state index contributed by atoms with van der Waals surface area (Å²) in [5, 5.41) is 0.0431. The van der Waals surface area contributed by atoms with E-state index in [1.807, 2.05) is 0 Å². The third-order valence-corrected chi connectivity index (χ3v) is 3.11. The van der Waals surface area contributed by atoms with E-state index in [2.05, 4.69) is 4.74 Å². The van der Waals surface area contributed by atoms with Crippen LogP contribution in [0.1, 0.15) is 0 Å². The molecule has 1 aromatic rings. The molecule has 0 aliphatic heterocycles. The van der Waals surface area contributed by atoms with Crippen LogP contribution in [0.25, 0.3) is 0 Å². The average molecular weight is 458 g/mol. The molecule has 0 aliphatic rings. The van der Waals surface area contributed by atoms with Crippen LogP contribution in [0, 0.1) is 5.82 Å². The SMILES string of the molecule is O=C(Nc1ccc(F)c(Cl)c1)[C@](F)(OC(F)(F)C(F)(F)C(F)(F)F)C(F)(F)F. The summed E-state index contributed by atoms with van der Waals surface area (Å²) in [4.78, 5) is 11.4. The molecule has 0 aromatic heterocycles. The Labute approximate surface area is 151 Å². The Morgan fingerprint density at radius 3 is 1.79 bits per heavy atom. The summed E-state index contributed by atoms with van der Waals surface area (Å²) in [7, 11) is 0. The predicted molar refractivity (Wildman–Crippen MR) is 67.0 cm³/mol. The number of amides is 1. The first kappa shape index (κ1) is 24.1. The quantitative estimate of drug-likeness (QED) is 0.597. The molecular weight excluding hydrogens is 454 g/mol. The summed E-state index contributed by atoms with van der Waals surface area (Å²) < 4.78 is 154. The number of hydrogen-bond acceptors (Lipinski definition) is 2. The predicted octanol–water partition coefficient (Wildman–Crippen LogP) is 5.45. The molecule has 1 aromatic carbocycles. The first-order valence-electron chi connectivity index (χ1n) is 6.31. The number of benzene rings is 1. The Kier molecular flexibility index (Phi) is 6.18. The second-order valence-electron chi connectivity index (χ2n) is 4.87. The number of halogens is 13. The van der Waals surface area contributed by atoms with Crippen molar-refractivity contribution >= 4 is 23.2 Å². The smallest absolute Gasteiger partial charge is 0.321 e. The van der Waals surface area contributed by atoms with Gasteiger partial charge in [0.05, 0.1) is 5.02 Å². The molecule has 0 spiro atoms. The van der Waals surface area contributed by atoms with Gasteiger partial charge in [-0.25, -0.2) is 4.39 Å². The summed E-state index contributed by atoms with van der Waals surface area (Å²) in [6.07, 6.45) is -21.2. The molecule has 1 rings (SSSR count). The zero-order valence-electron chi connectivity index (χ0n) is 12.5. The van der Waals surface area contributed by atoms with Crippen LogP contribution in [0.3, 0.4) is 0 Å². The van der Waals surface area contributed by atoms with Crippen LogP contribution >= 0.6 is 11.6 Å². The second kappa shape index (κ2) is 7.17. The summed E-state index contributed by atoms with van der Waals surface area (Å²) in [6, 6.07) is 1.21. The van der Waals surface area contributed by atoms with Gasteiger partial charge in [-0.1, -0.05) is 11.6 Å². The number of anilines is 1. The van der Waals surface area contributed by atoms with Gasteiger partial charge in [0, 0.05) is 5.69 Å². The average Bonchev–Trinajstić information content (AvgIpc) is 2.48. The number of rotatable bonds is 5. The van der Waals surface area contributed by atoms with Crippen molar-refractivity contribution in [1.29, 1.82) is 0 Å². The van der Waals surface area contributed by atoms with E-state index in [0.29, 0.717) is 18.2 Å². The summed E-state index contributed by atoms with van der Waals surface area (Å²) in [5.41, 5.74) is -0.961. The maximum atomic E-state index is 13.9. The van der Waals surface area contributed by atoms with Crippen LogP contribution in [-0.2, 0) is 9.53 Å². The van der Waals surface area contributed by atoms with Gasteiger partial charge in [0.15, 0.2) is 0 Å². The Hall–Kier alpha value is -1.90. The van der Waals surface area contributed by atoms with Crippen LogP contribution < -0.4 is 5.32 Å². The normalized spacial score (nSPS) is 15.9. The number of nitrogens with one attached hydrogen (secondary N) is 1. The van der Waals surface area contributed by atoms with Gasteiger partial charge in [-0.2, -0.15) is 48.3 Å². The third kappa shape index (κ3) is 4.39. The molecule has 3 nitrogen and oxygen atoms in total. The maximum absolute atomic E-state index is 13.9. The molecule has 0 unspecified atom stereocenters. The summed E-state index contributed by atoms with van der Waals surface area (Å²) >= 11 is 5.20. The van der Waals surface area contributed by atoms with Crippen molar-refractivity contribution < 1.29 is 62.2 Å². The molecule has 0 saturated heterocycles. The molecule has 0 heterocycles. The lowest BCUT2D eigenvalue weighted by atomic mass is 10.2. The maximum Gasteiger partial charge on any atom is 0.462 e. The van der Waals surface area contributed by atoms with Crippen molar-refractivity contribution in [2.75, 3.05) is 5.32 Å². The van der Waals surface area contributed by atoms with Crippen molar-refractivity contribution in [3.05, 3.63) is 29.0 Å². The van der Waals surface area contributed by atoms with Gasteiger partial charge in [0.2, 0.25) is 0 Å². The van der Waals surface area contributed by atoms with Crippen molar-refractivity contribution in [2.45, 2.75) is 30.2 Å². The minimum atomic E-state index is -7.30. The molecule has 0 radical (unpaired) electrons. The van der Waals surface area contributed by atoms with E-state index in [4.69, 9.17) is 11.6 Å². The molecule has 0 aliphatic carbocycles. The molecule has 0 bridgehead atoms. The van der Waals surface area contributed by atoms with E-state index in [-0.39, 0.29) is 0 Å². The summed E-state index contributed by atoms with van der Waals surface area (Å²) in [5.74, 6) is -18.1. The molecule has 1 atom stereocenters. The zero-order chi connectivity index (χ0) is 22.3. The van der Waals surface area contributed by atoms with E-state index < -0.39 is 52.7 Å². The Bertz CT molecular complexity index is 747. The fraction of sp³-hybridized carbons (Fsp3) is 0.417. The van der Waals surface area contributed by atoms with E-state index in [1.54, 1.807) is 0 Å². The highest BCUT2D eigenvalue weighted by Crippen LogP contribution is 2.51. The largest absolute Gasteiger partial charge is 0.462 e. The monoisotopic (exact) mass is 457 g/mol. The first-order chi connectivity index (χ1) is 12.3. The molecule has 1 amide bonds. The minimum absolute atomic E-state index is 0.355. The van der Waals surface area contributed by atoms with Crippen LogP contribution in [0.4, 0.5) is 58.4 Å². The molecular formula is C12H4ClF12NO2. The molecule has 28 heavy (non-hydrogen) atoms. The van der Waals surface area contributed by atoms with Gasteiger partial charge in [-0.3, -0.25) is 9.53 Å². The third-order valence-electron chi connectivity index (χ3n) is 2.82. The van der Waals surface area contributed by atoms with Crippen LogP contribution in [0.5, 0.6) is 0 Å². The van der Waals surface area contributed by atoms with Crippen LogP contribution in [-0.4, -0.2) is 36.1 Å². The summed E-state index contributed by atoms with van der Waals surface area (Å²) in [6.45, 7) is 0. The van der Waals surface area contributed by atoms with Gasteiger partial charge in [0.1, 0.15) is 5.82 Å². The van der Waals surface area contributed by atoms with Gasteiger partial charge < -0.3 is 5.32 Å². The zero-order valence-corrected chi connectivity index (χ0v) is 13.2. The van der Waals surface area contributed by atoms with Gasteiger partial charge in [-0.05, 0) is 18.2 Å². The highest BCUT2D eigenvalue weighted by molar-refractivity contribution is 6.31. The number of alkyl halides is 11. The lowest BCUT2D eigenvalue weighted by Gasteiger charge is -2.34. The van der Waals surface area contributed by atoms with E-state index in [0.717, 1.165) is 5.32 Å². The van der Waals surface area contributed by atoms with E-state index in [1.165, 1.54) is 0 Å². The number of carbonyl (C=O) groups excluding carboxylic acids is 1. The first-order valence-corrected chi connectivity index (χ1v) is 6.69. The molecule has 16 heteroatoms. The Balaban J connectivity index is 3.32. The van der Waals surface area contributed by atoms with Crippen LogP contribution in [0.2, 0.25) is 5.02 Å². The standard InChI is InChI=1S/C12H4ClF12NO2/c13-5-3-4(1-2-6(5)14)26-7(27)8(15,10(18,19)20)28-12(24,25)9(16,17)11(21,22)23/h1-3H,(H,26,27)/t8-/m0/s1. The fourth-order valence-corrected chi connectivity index (χ4v) is 1.60. The molecule has 0 fully saturated rings.